The van der Waals surface area contributed by atoms with Crippen molar-refractivity contribution in [3.8, 4) is 11.5 Å². The number of nitrogens with one attached hydrogen (secondary N) is 2. The summed E-state index contributed by atoms with van der Waals surface area (Å²) in [4.78, 5) is 23.9. The Morgan fingerprint density at radius 3 is 2.35 bits per heavy atom. The fourth-order valence-electron chi connectivity index (χ4n) is 2.06. The molecule has 0 saturated carbocycles. The maximum atomic E-state index is 12.2. The Morgan fingerprint density at radius 2 is 1.83 bits per heavy atom. The van der Waals surface area contributed by atoms with E-state index < -0.39 is 18.0 Å². The highest BCUT2D eigenvalue weighted by Gasteiger charge is 2.23. The van der Waals surface area contributed by atoms with Crippen molar-refractivity contribution in [2.24, 2.45) is 5.92 Å². The van der Waals surface area contributed by atoms with Gasteiger partial charge in [-0.25, -0.2) is 9.59 Å². The van der Waals surface area contributed by atoms with Crippen molar-refractivity contribution in [2.45, 2.75) is 26.3 Å². The van der Waals surface area contributed by atoms with Crippen LogP contribution in [0.4, 0.5) is 10.5 Å². The molecule has 0 radical (unpaired) electrons. The second-order valence-corrected chi connectivity index (χ2v) is 5.37. The van der Waals surface area contributed by atoms with Gasteiger partial charge in [0.05, 0.1) is 27.0 Å². The zero-order valence-corrected chi connectivity index (χ0v) is 14.1. The van der Waals surface area contributed by atoms with E-state index in [0.29, 0.717) is 23.6 Å². The standard InChI is InChI=1S/C16H24N2O5/c1-10(2)8-13(15(19)23-5)18-16(20)17-12-9-11(21-3)6-7-14(12)22-4/h6-7,9-10,13H,8H2,1-5H3,(H2,17,18,20)/t13-/m0/s1. The van der Waals surface area contributed by atoms with Gasteiger partial charge in [0.1, 0.15) is 17.5 Å². The minimum Gasteiger partial charge on any atom is -0.497 e. The first-order valence-corrected chi connectivity index (χ1v) is 7.28. The molecule has 0 spiro atoms. The van der Waals surface area contributed by atoms with E-state index in [1.807, 2.05) is 13.8 Å². The summed E-state index contributed by atoms with van der Waals surface area (Å²) in [5.74, 6) is 0.810. The van der Waals surface area contributed by atoms with E-state index in [4.69, 9.17) is 14.2 Å². The van der Waals surface area contributed by atoms with Gasteiger partial charge >= 0.3 is 12.0 Å². The third kappa shape index (κ3) is 5.69. The molecule has 0 bridgehead atoms. The molecule has 1 aromatic carbocycles. The van der Waals surface area contributed by atoms with Crippen LogP contribution in [0.15, 0.2) is 18.2 Å². The van der Waals surface area contributed by atoms with Crippen molar-refractivity contribution in [2.75, 3.05) is 26.6 Å². The lowest BCUT2D eigenvalue weighted by Gasteiger charge is -2.19. The van der Waals surface area contributed by atoms with Gasteiger partial charge in [-0.1, -0.05) is 13.8 Å². The number of methoxy groups -OCH3 is 3. The molecule has 0 aliphatic heterocycles. The SMILES string of the molecule is COC(=O)[C@H](CC(C)C)NC(=O)Nc1cc(OC)ccc1OC. The van der Waals surface area contributed by atoms with Crippen LogP contribution < -0.4 is 20.1 Å². The van der Waals surface area contributed by atoms with E-state index in [9.17, 15) is 9.59 Å². The van der Waals surface area contributed by atoms with Crippen LogP contribution >= 0.6 is 0 Å². The summed E-state index contributed by atoms with van der Waals surface area (Å²) >= 11 is 0. The normalized spacial score (nSPS) is 11.6. The lowest BCUT2D eigenvalue weighted by atomic mass is 10.0. The van der Waals surface area contributed by atoms with Crippen LogP contribution in [-0.2, 0) is 9.53 Å². The Morgan fingerprint density at radius 1 is 1.13 bits per heavy atom. The summed E-state index contributed by atoms with van der Waals surface area (Å²) in [6, 6.07) is 3.80. The molecule has 128 valence electrons. The highest BCUT2D eigenvalue weighted by Crippen LogP contribution is 2.28. The molecular formula is C16H24N2O5. The highest BCUT2D eigenvalue weighted by molar-refractivity contribution is 5.94. The van der Waals surface area contributed by atoms with Crippen molar-refractivity contribution in [3.63, 3.8) is 0 Å². The van der Waals surface area contributed by atoms with Crippen LogP contribution in [0.5, 0.6) is 11.5 Å². The second kappa shape index (κ2) is 8.87. The Labute approximate surface area is 136 Å². The van der Waals surface area contributed by atoms with Crippen LogP contribution in [-0.4, -0.2) is 39.4 Å². The van der Waals surface area contributed by atoms with Crippen molar-refractivity contribution in [3.05, 3.63) is 18.2 Å². The molecule has 0 aliphatic rings. The minimum atomic E-state index is -0.711. The van der Waals surface area contributed by atoms with E-state index in [-0.39, 0.29) is 5.92 Å². The largest absolute Gasteiger partial charge is 0.497 e. The quantitative estimate of drug-likeness (QED) is 0.752. The van der Waals surface area contributed by atoms with Gasteiger partial charge in [0.15, 0.2) is 0 Å². The van der Waals surface area contributed by atoms with E-state index in [1.54, 1.807) is 18.2 Å². The minimum absolute atomic E-state index is 0.228. The molecule has 0 saturated heterocycles. The zero-order valence-electron chi connectivity index (χ0n) is 14.1. The van der Waals surface area contributed by atoms with Gasteiger partial charge in [0.2, 0.25) is 0 Å². The monoisotopic (exact) mass is 324 g/mol. The van der Waals surface area contributed by atoms with Gasteiger partial charge in [0.25, 0.3) is 0 Å². The molecule has 7 heteroatoms. The summed E-state index contributed by atoms with van der Waals surface area (Å²) in [5.41, 5.74) is 0.442. The van der Waals surface area contributed by atoms with Crippen LogP contribution in [0.2, 0.25) is 0 Å². The van der Waals surface area contributed by atoms with E-state index in [2.05, 4.69) is 10.6 Å². The fourth-order valence-corrected chi connectivity index (χ4v) is 2.06. The molecule has 7 nitrogen and oxygen atoms in total. The van der Waals surface area contributed by atoms with Gasteiger partial charge in [-0.3, -0.25) is 0 Å². The van der Waals surface area contributed by atoms with Gasteiger partial charge < -0.3 is 24.8 Å². The number of anilines is 1. The molecule has 0 aliphatic carbocycles. The number of rotatable bonds is 7. The van der Waals surface area contributed by atoms with Crippen LogP contribution in [0.1, 0.15) is 20.3 Å². The van der Waals surface area contributed by atoms with E-state index >= 15 is 0 Å². The van der Waals surface area contributed by atoms with Crippen LogP contribution in [0, 0.1) is 5.92 Å². The molecule has 0 heterocycles. The predicted molar refractivity (Wildman–Crippen MR) is 87.0 cm³/mol. The molecule has 2 amide bonds. The van der Waals surface area contributed by atoms with Crippen molar-refractivity contribution >= 4 is 17.7 Å². The second-order valence-electron chi connectivity index (χ2n) is 5.37. The Bertz CT molecular complexity index is 545. The lowest BCUT2D eigenvalue weighted by Crippen LogP contribution is -2.44. The number of ether oxygens (including phenoxy) is 3. The summed E-state index contributed by atoms with van der Waals surface area (Å²) in [7, 11) is 4.32. The summed E-state index contributed by atoms with van der Waals surface area (Å²) in [6.07, 6.45) is 0.481. The number of hydrogen-bond donors (Lipinski definition) is 2. The Kier molecular flexibility index (Phi) is 7.18. The molecular weight excluding hydrogens is 300 g/mol. The van der Waals surface area contributed by atoms with Crippen LogP contribution in [0.25, 0.3) is 0 Å². The summed E-state index contributed by atoms with van der Waals surface area (Å²) in [6.45, 7) is 3.92. The molecule has 1 rings (SSSR count). The predicted octanol–water partition coefficient (Wildman–Crippen LogP) is 2.41. The van der Waals surface area contributed by atoms with E-state index in [0.717, 1.165) is 0 Å². The molecule has 1 atom stereocenters. The van der Waals surface area contributed by atoms with Crippen molar-refractivity contribution in [1.29, 1.82) is 0 Å². The molecule has 0 unspecified atom stereocenters. The first-order valence-electron chi connectivity index (χ1n) is 7.28. The topological polar surface area (TPSA) is 85.9 Å². The number of esters is 1. The highest BCUT2D eigenvalue weighted by atomic mass is 16.5. The Balaban J connectivity index is 2.83. The number of amides is 2. The molecule has 2 N–H and O–H groups in total. The van der Waals surface area contributed by atoms with Crippen molar-refractivity contribution < 1.29 is 23.8 Å². The summed E-state index contributed by atoms with van der Waals surface area (Å²) in [5, 5.41) is 5.27. The average Bonchev–Trinajstić information content (AvgIpc) is 2.52. The third-order valence-corrected chi connectivity index (χ3v) is 3.15. The van der Waals surface area contributed by atoms with Gasteiger partial charge in [-0.05, 0) is 24.5 Å². The number of benzene rings is 1. The van der Waals surface area contributed by atoms with Crippen molar-refractivity contribution in [1.82, 2.24) is 5.32 Å². The molecule has 1 aromatic rings. The third-order valence-electron chi connectivity index (χ3n) is 3.15. The van der Waals surface area contributed by atoms with E-state index in [1.165, 1.54) is 21.3 Å². The van der Waals surface area contributed by atoms with Gasteiger partial charge in [0, 0.05) is 6.07 Å². The van der Waals surface area contributed by atoms with Gasteiger partial charge in [-0.2, -0.15) is 0 Å². The zero-order chi connectivity index (χ0) is 17.4. The summed E-state index contributed by atoms with van der Waals surface area (Å²) < 4.78 is 15.0. The number of carbonyl (C=O) groups is 2. The number of urea groups is 1. The Hall–Kier alpha value is -2.44. The first kappa shape index (κ1) is 18.6. The number of carbonyl (C=O) groups excluding carboxylic acids is 2. The molecule has 0 fully saturated rings. The maximum absolute atomic E-state index is 12.2. The first-order chi connectivity index (χ1) is 10.9. The average molecular weight is 324 g/mol. The lowest BCUT2D eigenvalue weighted by molar-refractivity contribution is -0.143. The smallest absolute Gasteiger partial charge is 0.328 e. The molecule has 23 heavy (non-hydrogen) atoms. The van der Waals surface area contributed by atoms with Gasteiger partial charge in [-0.15, -0.1) is 0 Å². The fraction of sp³-hybridized carbons (Fsp3) is 0.500. The number of hydrogen-bond acceptors (Lipinski definition) is 5. The van der Waals surface area contributed by atoms with Crippen LogP contribution in [0.3, 0.4) is 0 Å². The molecule has 0 aromatic heterocycles. The maximum Gasteiger partial charge on any atom is 0.328 e.